The number of ether oxygens (including phenoxy) is 1. The van der Waals surface area contributed by atoms with Crippen LogP contribution in [0.4, 0.5) is 0 Å². The van der Waals surface area contributed by atoms with Crippen LogP contribution in [0.5, 0.6) is 0 Å². The molecule has 0 bridgehead atoms. The van der Waals surface area contributed by atoms with E-state index in [1.807, 2.05) is 0 Å². The van der Waals surface area contributed by atoms with Gasteiger partial charge in [-0.15, -0.1) is 0 Å². The molecule has 0 aromatic heterocycles. The zero-order valence-corrected chi connectivity index (χ0v) is 13.4. The highest BCUT2D eigenvalue weighted by Crippen LogP contribution is 2.02. The van der Waals surface area contributed by atoms with Gasteiger partial charge in [0.2, 0.25) is 0 Å². The lowest BCUT2D eigenvalue weighted by Crippen LogP contribution is -3.00. The molecule has 0 unspecified atom stereocenters. The Hall–Kier alpha value is 0.130. The Labute approximate surface area is 117 Å². The van der Waals surface area contributed by atoms with Gasteiger partial charge in [0, 0.05) is 17.3 Å². The topological polar surface area (TPSA) is 26.3 Å². The van der Waals surface area contributed by atoms with Crippen molar-refractivity contribution in [3.8, 4) is 0 Å². The Morgan fingerprint density at radius 3 is 2.38 bits per heavy atom. The van der Waals surface area contributed by atoms with E-state index in [0.717, 1.165) is 29.3 Å². The number of hydrogen-bond acceptors (Lipinski definition) is 2. The lowest BCUT2D eigenvalue weighted by molar-refractivity contribution is -0.890. The molecule has 0 aliphatic rings. The Bertz CT molecular complexity index is 230. The average molecular weight is 359 g/mol. The van der Waals surface area contributed by atoms with Gasteiger partial charge in [-0.25, -0.2) is 4.79 Å². The second-order valence-electron chi connectivity index (χ2n) is 4.34. The minimum atomic E-state index is -0.296. The van der Waals surface area contributed by atoms with E-state index in [0.29, 0.717) is 12.2 Å². The molecule has 0 N–H and O–H groups in total. The van der Waals surface area contributed by atoms with Crippen molar-refractivity contribution in [3.63, 3.8) is 0 Å². The van der Waals surface area contributed by atoms with Gasteiger partial charge in [-0.05, 0) is 6.92 Å². The number of carbonyl (C=O) groups is 1. The van der Waals surface area contributed by atoms with Crippen LogP contribution < -0.4 is 17.0 Å². The number of halogens is 2. The molecule has 0 spiro atoms. The van der Waals surface area contributed by atoms with Gasteiger partial charge >= 0.3 is 5.97 Å². The quantitative estimate of drug-likeness (QED) is 0.252. The summed E-state index contributed by atoms with van der Waals surface area (Å²) in [6, 6.07) is 0. The van der Waals surface area contributed by atoms with Crippen LogP contribution in [0.15, 0.2) is 12.2 Å². The number of rotatable bonds is 7. The van der Waals surface area contributed by atoms with Crippen molar-refractivity contribution in [2.24, 2.45) is 0 Å². The van der Waals surface area contributed by atoms with E-state index in [2.05, 4.69) is 36.6 Å². The second-order valence-corrected chi connectivity index (χ2v) is 5.13. The molecule has 0 aliphatic heterocycles. The Morgan fingerprint density at radius 1 is 1.38 bits per heavy atom. The molecule has 0 saturated heterocycles. The summed E-state index contributed by atoms with van der Waals surface area (Å²) in [7, 11) is 4.27. The summed E-state index contributed by atoms with van der Waals surface area (Å²) >= 11 is 3.41. The molecule has 5 heteroatoms. The van der Waals surface area contributed by atoms with E-state index in [1.165, 1.54) is 0 Å². The highest BCUT2D eigenvalue weighted by atomic mass is 79.9. The first-order valence-corrected chi connectivity index (χ1v) is 6.22. The van der Waals surface area contributed by atoms with Crippen molar-refractivity contribution >= 4 is 21.9 Å². The van der Waals surface area contributed by atoms with Crippen LogP contribution in [-0.2, 0) is 9.53 Å². The van der Waals surface area contributed by atoms with E-state index >= 15 is 0 Å². The predicted octanol–water partition coefficient (Wildman–Crippen LogP) is -1.03. The summed E-state index contributed by atoms with van der Waals surface area (Å²) in [5.41, 5.74) is 0.459. The first-order valence-electron chi connectivity index (χ1n) is 5.09. The zero-order chi connectivity index (χ0) is 11.9. The zero-order valence-electron chi connectivity index (χ0n) is 10.3. The van der Waals surface area contributed by atoms with Gasteiger partial charge in [-0.2, -0.15) is 0 Å². The number of alkyl halides is 1. The highest BCUT2D eigenvalue weighted by Gasteiger charge is 2.15. The first-order chi connectivity index (χ1) is 6.89. The van der Waals surface area contributed by atoms with E-state index in [-0.39, 0.29) is 23.0 Å². The normalized spacial score (nSPS) is 10.5. The molecular formula is C11H21Br2NO2. The summed E-state index contributed by atoms with van der Waals surface area (Å²) in [5.74, 6) is -0.296. The van der Waals surface area contributed by atoms with Crippen LogP contribution in [0.2, 0.25) is 0 Å². The smallest absolute Gasteiger partial charge is 0.333 e. The molecule has 0 atom stereocenters. The van der Waals surface area contributed by atoms with Gasteiger partial charge in [0.15, 0.2) is 0 Å². The van der Waals surface area contributed by atoms with Gasteiger partial charge in [0.25, 0.3) is 0 Å². The van der Waals surface area contributed by atoms with Crippen molar-refractivity contribution in [1.82, 2.24) is 0 Å². The molecule has 0 aromatic rings. The van der Waals surface area contributed by atoms with Crippen molar-refractivity contribution in [3.05, 3.63) is 12.2 Å². The molecular weight excluding hydrogens is 338 g/mol. The lowest BCUT2D eigenvalue weighted by Gasteiger charge is -2.29. The molecule has 96 valence electrons. The number of carbonyl (C=O) groups excluding carboxylic acids is 1. The number of nitrogens with zero attached hydrogens (tertiary/aromatic N) is 1. The largest absolute Gasteiger partial charge is 1.00 e. The maximum atomic E-state index is 11.1. The number of quaternary nitrogens is 1. The molecule has 0 amide bonds. The Kier molecular flexibility index (Phi) is 10.6. The highest BCUT2D eigenvalue weighted by molar-refractivity contribution is 9.09. The number of hydrogen-bond donors (Lipinski definition) is 0. The second kappa shape index (κ2) is 9.19. The van der Waals surface area contributed by atoms with Gasteiger partial charge in [0.05, 0.1) is 20.6 Å². The molecule has 0 saturated carbocycles. The molecule has 0 radical (unpaired) electrons. The molecule has 0 aliphatic carbocycles. The minimum absolute atomic E-state index is 0. The molecule has 3 nitrogen and oxygen atoms in total. The first kappa shape index (κ1) is 18.5. The van der Waals surface area contributed by atoms with E-state index in [9.17, 15) is 4.79 Å². The maximum Gasteiger partial charge on any atom is 0.333 e. The minimum Gasteiger partial charge on any atom is -1.00 e. The SMILES string of the molecule is C=C(C)C(=O)OCC[N+](C)(C)CCCBr.[Br-]. The number of esters is 1. The molecule has 0 rings (SSSR count). The van der Waals surface area contributed by atoms with Crippen molar-refractivity contribution in [1.29, 1.82) is 0 Å². The van der Waals surface area contributed by atoms with Crippen LogP contribution in [0.1, 0.15) is 13.3 Å². The van der Waals surface area contributed by atoms with E-state index in [1.54, 1.807) is 6.92 Å². The van der Waals surface area contributed by atoms with E-state index in [4.69, 9.17) is 4.74 Å². The van der Waals surface area contributed by atoms with Gasteiger partial charge in [-0.1, -0.05) is 22.5 Å². The van der Waals surface area contributed by atoms with Gasteiger partial charge < -0.3 is 26.2 Å². The summed E-state index contributed by atoms with van der Waals surface area (Å²) in [4.78, 5) is 11.1. The van der Waals surface area contributed by atoms with Crippen LogP contribution >= 0.6 is 15.9 Å². The molecule has 0 heterocycles. The molecule has 16 heavy (non-hydrogen) atoms. The maximum absolute atomic E-state index is 11.1. The summed E-state index contributed by atoms with van der Waals surface area (Å²) < 4.78 is 5.92. The van der Waals surface area contributed by atoms with Crippen LogP contribution in [0.25, 0.3) is 0 Å². The average Bonchev–Trinajstić information content (AvgIpc) is 2.14. The lowest BCUT2D eigenvalue weighted by atomic mass is 10.3. The van der Waals surface area contributed by atoms with Crippen molar-refractivity contribution in [2.45, 2.75) is 13.3 Å². The third-order valence-electron chi connectivity index (χ3n) is 2.18. The Balaban J connectivity index is 0. The standard InChI is InChI=1S/C11H21BrNO2.BrH/c1-10(2)11(14)15-9-8-13(3,4)7-5-6-12;/h1,5-9H2,2-4H3;1H/q+1;/p-1. The van der Waals surface area contributed by atoms with Crippen molar-refractivity contribution < 1.29 is 31.0 Å². The number of likely N-dealkylation sites (N-methyl/N-ethyl adjacent to an activating group) is 1. The van der Waals surface area contributed by atoms with Gasteiger partial charge in [-0.3, -0.25) is 0 Å². The van der Waals surface area contributed by atoms with Crippen LogP contribution in [-0.4, -0.2) is 49.6 Å². The van der Waals surface area contributed by atoms with Crippen molar-refractivity contribution in [2.75, 3.05) is 39.1 Å². The fourth-order valence-electron chi connectivity index (χ4n) is 1.11. The fourth-order valence-corrected chi connectivity index (χ4v) is 1.36. The molecule has 0 fully saturated rings. The summed E-state index contributed by atoms with van der Waals surface area (Å²) in [5, 5.41) is 1.01. The predicted molar refractivity (Wildman–Crippen MR) is 66.0 cm³/mol. The van der Waals surface area contributed by atoms with Crippen LogP contribution in [0, 0.1) is 0 Å². The third kappa shape index (κ3) is 9.36. The Morgan fingerprint density at radius 2 is 1.94 bits per heavy atom. The summed E-state index contributed by atoms with van der Waals surface area (Å²) in [6.07, 6.45) is 1.13. The van der Waals surface area contributed by atoms with Crippen LogP contribution in [0.3, 0.4) is 0 Å². The summed E-state index contributed by atoms with van der Waals surface area (Å²) in [6.45, 7) is 7.57. The fraction of sp³-hybridized carbons (Fsp3) is 0.727. The third-order valence-corrected chi connectivity index (χ3v) is 2.74. The van der Waals surface area contributed by atoms with E-state index < -0.39 is 0 Å². The monoisotopic (exact) mass is 357 g/mol. The van der Waals surface area contributed by atoms with Gasteiger partial charge in [0.1, 0.15) is 13.2 Å². The molecule has 0 aromatic carbocycles.